The molecule has 0 aromatic heterocycles. The van der Waals surface area contributed by atoms with Crippen LogP contribution in [-0.2, 0) is 9.63 Å². The summed E-state index contributed by atoms with van der Waals surface area (Å²) >= 11 is 5.91. The van der Waals surface area contributed by atoms with Crippen molar-refractivity contribution in [2.24, 2.45) is 0 Å². The highest BCUT2D eigenvalue weighted by Crippen LogP contribution is 2.21. The van der Waals surface area contributed by atoms with Gasteiger partial charge in [0.1, 0.15) is 5.75 Å². The number of hydrogen-bond acceptors (Lipinski definition) is 3. The first-order valence-electron chi connectivity index (χ1n) is 5.99. The first-order valence-corrected chi connectivity index (χ1v) is 6.37. The molecule has 0 unspecified atom stereocenters. The fourth-order valence-electron chi connectivity index (χ4n) is 1.72. The Morgan fingerprint density at radius 2 is 2.33 bits per heavy atom. The Bertz CT molecular complexity index is 430. The third-order valence-corrected chi connectivity index (χ3v) is 3.20. The molecule has 0 atom stereocenters. The van der Waals surface area contributed by atoms with Gasteiger partial charge >= 0.3 is 0 Å². The molecule has 0 bridgehead atoms. The molecule has 1 saturated heterocycles. The van der Waals surface area contributed by atoms with E-state index in [1.54, 1.807) is 12.1 Å². The maximum atomic E-state index is 11.8. The maximum absolute atomic E-state index is 11.8. The molecule has 1 heterocycles. The van der Waals surface area contributed by atoms with Crippen molar-refractivity contribution in [1.82, 2.24) is 5.06 Å². The normalized spacial score (nSPS) is 15.6. The molecule has 18 heavy (non-hydrogen) atoms. The van der Waals surface area contributed by atoms with Crippen molar-refractivity contribution in [3.8, 4) is 5.75 Å². The average Bonchev–Trinajstić information content (AvgIpc) is 2.41. The minimum atomic E-state index is -0.151. The summed E-state index contributed by atoms with van der Waals surface area (Å²) in [6, 6.07) is 5.32. The molecule has 1 aliphatic heterocycles. The van der Waals surface area contributed by atoms with Crippen LogP contribution in [0.5, 0.6) is 5.75 Å². The smallest absolute Gasteiger partial charge is 0.283 e. The minimum absolute atomic E-state index is 0.0128. The van der Waals surface area contributed by atoms with Gasteiger partial charge in [-0.1, -0.05) is 11.6 Å². The second-order valence-electron chi connectivity index (χ2n) is 4.24. The summed E-state index contributed by atoms with van der Waals surface area (Å²) in [5.41, 5.74) is 0.927. The number of aryl methyl sites for hydroxylation is 1. The Labute approximate surface area is 111 Å². The zero-order chi connectivity index (χ0) is 13.0. The van der Waals surface area contributed by atoms with E-state index in [0.29, 0.717) is 23.9 Å². The summed E-state index contributed by atoms with van der Waals surface area (Å²) in [6.07, 6.45) is 1.98. The van der Waals surface area contributed by atoms with Gasteiger partial charge in [0.15, 0.2) is 6.61 Å². The number of ether oxygens (including phenoxy) is 1. The topological polar surface area (TPSA) is 38.8 Å². The van der Waals surface area contributed by atoms with Crippen molar-refractivity contribution in [2.45, 2.75) is 19.8 Å². The van der Waals surface area contributed by atoms with E-state index in [1.807, 2.05) is 13.0 Å². The Morgan fingerprint density at radius 3 is 3.00 bits per heavy atom. The van der Waals surface area contributed by atoms with Crippen molar-refractivity contribution < 1.29 is 14.4 Å². The molecule has 0 spiro atoms. The number of nitrogens with zero attached hydrogens (tertiary/aromatic N) is 1. The lowest BCUT2D eigenvalue weighted by atomic mass is 10.2. The zero-order valence-corrected chi connectivity index (χ0v) is 11.1. The molecule has 1 fully saturated rings. The minimum Gasteiger partial charge on any atom is -0.484 e. The van der Waals surface area contributed by atoms with Crippen molar-refractivity contribution in [3.63, 3.8) is 0 Å². The summed E-state index contributed by atoms with van der Waals surface area (Å²) in [7, 11) is 0. The van der Waals surface area contributed by atoms with Gasteiger partial charge in [-0.15, -0.1) is 0 Å². The molecular formula is C13H16ClNO3. The summed E-state index contributed by atoms with van der Waals surface area (Å²) < 4.78 is 5.43. The lowest BCUT2D eigenvalue weighted by Gasteiger charge is -2.25. The second-order valence-corrected chi connectivity index (χ2v) is 4.64. The SMILES string of the molecule is Cc1cc(OCC(=O)N2CCCCO2)ccc1Cl. The van der Waals surface area contributed by atoms with Crippen LogP contribution in [-0.4, -0.2) is 30.7 Å². The Balaban J connectivity index is 1.86. The van der Waals surface area contributed by atoms with Gasteiger partial charge in [0.25, 0.3) is 5.91 Å². The van der Waals surface area contributed by atoms with Crippen molar-refractivity contribution in [2.75, 3.05) is 19.8 Å². The van der Waals surface area contributed by atoms with E-state index in [2.05, 4.69) is 0 Å². The second kappa shape index (κ2) is 6.07. The number of carbonyl (C=O) groups is 1. The van der Waals surface area contributed by atoms with E-state index in [9.17, 15) is 4.79 Å². The van der Waals surface area contributed by atoms with Gasteiger partial charge in [0.05, 0.1) is 6.61 Å². The predicted molar refractivity (Wildman–Crippen MR) is 68.6 cm³/mol. The third kappa shape index (κ3) is 3.37. The molecule has 0 aliphatic carbocycles. The van der Waals surface area contributed by atoms with E-state index in [4.69, 9.17) is 21.2 Å². The van der Waals surface area contributed by atoms with Crippen LogP contribution in [0.3, 0.4) is 0 Å². The molecule has 0 N–H and O–H groups in total. The monoisotopic (exact) mass is 269 g/mol. The van der Waals surface area contributed by atoms with E-state index in [-0.39, 0.29) is 12.5 Å². The molecule has 0 saturated carbocycles. The fraction of sp³-hybridized carbons (Fsp3) is 0.462. The number of rotatable bonds is 3. The quantitative estimate of drug-likeness (QED) is 0.847. The van der Waals surface area contributed by atoms with Gasteiger partial charge in [-0.05, 0) is 43.5 Å². The molecule has 2 rings (SSSR count). The standard InChI is InChI=1S/C13H16ClNO3/c1-10-8-11(4-5-12(10)14)17-9-13(16)15-6-2-3-7-18-15/h4-5,8H,2-3,6-7,9H2,1H3. The molecule has 1 amide bonds. The summed E-state index contributed by atoms with van der Waals surface area (Å²) in [5, 5.41) is 2.07. The third-order valence-electron chi connectivity index (χ3n) is 2.77. The molecule has 5 heteroatoms. The van der Waals surface area contributed by atoms with Crippen molar-refractivity contribution in [1.29, 1.82) is 0 Å². The number of halogens is 1. The summed E-state index contributed by atoms with van der Waals surface area (Å²) in [5.74, 6) is 0.490. The van der Waals surface area contributed by atoms with Crippen LogP contribution >= 0.6 is 11.6 Å². The van der Waals surface area contributed by atoms with Gasteiger partial charge in [-0.2, -0.15) is 0 Å². The Morgan fingerprint density at radius 1 is 1.50 bits per heavy atom. The number of benzene rings is 1. The number of amides is 1. The molecule has 4 nitrogen and oxygen atoms in total. The first kappa shape index (κ1) is 13.2. The number of carbonyl (C=O) groups excluding carboxylic acids is 1. The van der Waals surface area contributed by atoms with Crippen LogP contribution in [0.25, 0.3) is 0 Å². The van der Waals surface area contributed by atoms with Gasteiger partial charge in [0.2, 0.25) is 0 Å². The van der Waals surface area contributed by atoms with Gasteiger partial charge in [-0.3, -0.25) is 9.63 Å². The molecule has 1 aromatic rings. The first-order chi connectivity index (χ1) is 8.66. The number of hydrogen-bond donors (Lipinski definition) is 0. The molecular weight excluding hydrogens is 254 g/mol. The van der Waals surface area contributed by atoms with Gasteiger partial charge in [-0.25, -0.2) is 5.06 Å². The zero-order valence-electron chi connectivity index (χ0n) is 10.3. The average molecular weight is 270 g/mol. The van der Waals surface area contributed by atoms with Crippen LogP contribution in [0.1, 0.15) is 18.4 Å². The van der Waals surface area contributed by atoms with Crippen LogP contribution in [0, 0.1) is 6.92 Å². The lowest BCUT2D eigenvalue weighted by molar-refractivity contribution is -0.198. The largest absolute Gasteiger partial charge is 0.484 e. The molecule has 0 radical (unpaired) electrons. The van der Waals surface area contributed by atoms with Crippen LogP contribution < -0.4 is 4.74 Å². The van der Waals surface area contributed by atoms with Crippen LogP contribution in [0.15, 0.2) is 18.2 Å². The Kier molecular flexibility index (Phi) is 4.44. The van der Waals surface area contributed by atoms with Crippen LogP contribution in [0.2, 0.25) is 5.02 Å². The molecule has 1 aromatic carbocycles. The summed E-state index contributed by atoms with van der Waals surface area (Å²) in [6.45, 7) is 3.12. The maximum Gasteiger partial charge on any atom is 0.283 e. The Hall–Kier alpha value is -1.26. The molecule has 1 aliphatic rings. The van der Waals surface area contributed by atoms with E-state index >= 15 is 0 Å². The summed E-state index contributed by atoms with van der Waals surface area (Å²) in [4.78, 5) is 17.0. The van der Waals surface area contributed by atoms with Gasteiger partial charge in [0, 0.05) is 11.6 Å². The highest BCUT2D eigenvalue weighted by Gasteiger charge is 2.18. The number of hydroxylamine groups is 2. The van der Waals surface area contributed by atoms with E-state index in [0.717, 1.165) is 18.4 Å². The highest BCUT2D eigenvalue weighted by atomic mass is 35.5. The fourth-order valence-corrected chi connectivity index (χ4v) is 1.84. The van der Waals surface area contributed by atoms with E-state index < -0.39 is 0 Å². The highest BCUT2D eigenvalue weighted by molar-refractivity contribution is 6.31. The van der Waals surface area contributed by atoms with Crippen LogP contribution in [0.4, 0.5) is 0 Å². The predicted octanol–water partition coefficient (Wildman–Crippen LogP) is 2.58. The van der Waals surface area contributed by atoms with Gasteiger partial charge < -0.3 is 4.74 Å². The van der Waals surface area contributed by atoms with Crippen molar-refractivity contribution >= 4 is 17.5 Å². The van der Waals surface area contributed by atoms with E-state index in [1.165, 1.54) is 5.06 Å². The molecule has 98 valence electrons. The van der Waals surface area contributed by atoms with Crippen molar-refractivity contribution in [3.05, 3.63) is 28.8 Å². The lowest BCUT2D eigenvalue weighted by Crippen LogP contribution is -2.38.